The van der Waals surface area contributed by atoms with Gasteiger partial charge in [0.2, 0.25) is 10.0 Å². The highest BCUT2D eigenvalue weighted by atomic mass is 32.2. The van der Waals surface area contributed by atoms with Gasteiger partial charge in [0.05, 0.1) is 18.2 Å². The summed E-state index contributed by atoms with van der Waals surface area (Å²) in [6.45, 7) is 1.69. The number of sulfonamides is 1. The molecule has 2 fully saturated rings. The van der Waals surface area contributed by atoms with Crippen LogP contribution >= 0.6 is 0 Å². The van der Waals surface area contributed by atoms with Crippen LogP contribution in [-0.4, -0.2) is 59.9 Å². The van der Waals surface area contributed by atoms with Gasteiger partial charge in [-0.2, -0.15) is 9.40 Å². The molecule has 3 rings (SSSR count). The van der Waals surface area contributed by atoms with Gasteiger partial charge < -0.3 is 9.84 Å². The van der Waals surface area contributed by atoms with Gasteiger partial charge >= 0.3 is 5.97 Å². The fourth-order valence-electron chi connectivity index (χ4n) is 3.11. The summed E-state index contributed by atoms with van der Waals surface area (Å²) in [4.78, 5) is 11.3. The molecule has 2 aliphatic heterocycles. The van der Waals surface area contributed by atoms with Gasteiger partial charge in [-0.1, -0.05) is 0 Å². The minimum Gasteiger partial charge on any atom is -0.481 e. The Hall–Kier alpha value is -1.45. The zero-order valence-corrected chi connectivity index (χ0v) is 13.6. The van der Waals surface area contributed by atoms with Gasteiger partial charge in [-0.15, -0.1) is 0 Å². The third-order valence-corrected chi connectivity index (χ3v) is 6.33. The van der Waals surface area contributed by atoms with Gasteiger partial charge in [-0.25, -0.2) is 8.42 Å². The van der Waals surface area contributed by atoms with Gasteiger partial charge in [-0.05, 0) is 25.7 Å². The van der Waals surface area contributed by atoms with Crippen LogP contribution in [0.2, 0.25) is 0 Å². The lowest BCUT2D eigenvalue weighted by Gasteiger charge is -2.29. The van der Waals surface area contributed by atoms with Crippen molar-refractivity contribution in [3.63, 3.8) is 0 Å². The fraction of sp³-hybridized carbons (Fsp3) is 0.714. The molecule has 3 heterocycles. The Morgan fingerprint density at radius 3 is 2.74 bits per heavy atom. The quantitative estimate of drug-likeness (QED) is 0.864. The van der Waals surface area contributed by atoms with Gasteiger partial charge in [0.25, 0.3) is 0 Å². The number of aromatic nitrogens is 2. The number of rotatable bonds is 4. The smallest absolute Gasteiger partial charge is 0.307 e. The van der Waals surface area contributed by atoms with Crippen LogP contribution in [0, 0.1) is 5.92 Å². The van der Waals surface area contributed by atoms with Crippen molar-refractivity contribution < 1.29 is 23.1 Å². The molecule has 1 N–H and O–H groups in total. The Kier molecular flexibility index (Phi) is 4.69. The molecule has 0 radical (unpaired) electrons. The van der Waals surface area contributed by atoms with Crippen molar-refractivity contribution in [2.45, 2.75) is 36.6 Å². The van der Waals surface area contributed by atoms with E-state index in [4.69, 9.17) is 9.84 Å². The molecule has 8 nitrogen and oxygen atoms in total. The second-order valence-corrected chi connectivity index (χ2v) is 7.98. The molecule has 128 valence electrons. The number of ether oxygens (including phenoxy) is 1. The van der Waals surface area contributed by atoms with E-state index < -0.39 is 21.9 Å². The average Bonchev–Trinajstić information content (AvgIpc) is 3.06. The van der Waals surface area contributed by atoms with Crippen molar-refractivity contribution in [3.05, 3.63) is 12.4 Å². The molecule has 1 atom stereocenters. The first-order chi connectivity index (χ1) is 11.0. The van der Waals surface area contributed by atoms with Crippen molar-refractivity contribution in [1.82, 2.24) is 14.1 Å². The summed E-state index contributed by atoms with van der Waals surface area (Å²) in [6.07, 6.45) is 5.61. The summed E-state index contributed by atoms with van der Waals surface area (Å²) in [5, 5.41) is 13.3. The van der Waals surface area contributed by atoms with Crippen molar-refractivity contribution in [2.24, 2.45) is 5.92 Å². The van der Waals surface area contributed by atoms with E-state index in [1.165, 1.54) is 10.5 Å². The fourth-order valence-corrected chi connectivity index (χ4v) is 4.58. The van der Waals surface area contributed by atoms with Crippen molar-refractivity contribution in [2.75, 3.05) is 26.3 Å². The first-order valence-corrected chi connectivity index (χ1v) is 9.27. The highest BCUT2D eigenvalue weighted by Gasteiger charge is 2.34. The summed E-state index contributed by atoms with van der Waals surface area (Å²) in [7, 11) is -3.69. The number of carboxylic acids is 1. The zero-order chi connectivity index (χ0) is 16.4. The topological polar surface area (TPSA) is 102 Å². The largest absolute Gasteiger partial charge is 0.481 e. The van der Waals surface area contributed by atoms with Gasteiger partial charge in [0.1, 0.15) is 4.90 Å². The molecule has 0 bridgehead atoms. The highest BCUT2D eigenvalue weighted by molar-refractivity contribution is 7.89. The Bertz CT molecular complexity index is 666. The third kappa shape index (κ3) is 3.41. The third-order valence-electron chi connectivity index (χ3n) is 4.51. The van der Waals surface area contributed by atoms with E-state index in [0.717, 1.165) is 12.8 Å². The molecule has 9 heteroatoms. The molecule has 0 spiro atoms. The second kappa shape index (κ2) is 6.58. The number of aliphatic carboxylic acids is 1. The highest BCUT2D eigenvalue weighted by Crippen LogP contribution is 2.26. The molecule has 23 heavy (non-hydrogen) atoms. The SMILES string of the molecule is O=C(O)C1CCCN(S(=O)(=O)c2cnn(C3CCOCC3)c2)C1. The van der Waals surface area contributed by atoms with Crippen LogP contribution in [-0.2, 0) is 19.6 Å². The molecule has 1 aromatic rings. The number of hydrogen-bond donors (Lipinski definition) is 1. The molecule has 1 aromatic heterocycles. The van der Waals surface area contributed by atoms with E-state index in [0.29, 0.717) is 32.6 Å². The molecular weight excluding hydrogens is 322 g/mol. The first kappa shape index (κ1) is 16.4. The predicted molar refractivity (Wildman–Crippen MR) is 80.4 cm³/mol. The van der Waals surface area contributed by atoms with E-state index in [-0.39, 0.29) is 17.5 Å². The van der Waals surface area contributed by atoms with E-state index in [1.54, 1.807) is 10.9 Å². The van der Waals surface area contributed by atoms with Crippen LogP contribution in [0.25, 0.3) is 0 Å². The maximum absolute atomic E-state index is 12.7. The monoisotopic (exact) mass is 343 g/mol. The Labute approximate surface area is 135 Å². The number of carbonyl (C=O) groups is 1. The molecule has 0 saturated carbocycles. The van der Waals surface area contributed by atoms with Gasteiger partial charge in [0, 0.05) is 32.5 Å². The lowest BCUT2D eigenvalue weighted by atomic mass is 10.0. The molecule has 1 unspecified atom stereocenters. The van der Waals surface area contributed by atoms with Crippen LogP contribution in [0.1, 0.15) is 31.7 Å². The van der Waals surface area contributed by atoms with Gasteiger partial charge in [-0.3, -0.25) is 9.48 Å². The Morgan fingerprint density at radius 1 is 1.30 bits per heavy atom. The van der Waals surface area contributed by atoms with Crippen LogP contribution < -0.4 is 0 Å². The molecular formula is C14H21N3O5S. The Morgan fingerprint density at radius 2 is 2.04 bits per heavy atom. The lowest BCUT2D eigenvalue weighted by Crippen LogP contribution is -2.42. The van der Waals surface area contributed by atoms with Crippen molar-refractivity contribution >= 4 is 16.0 Å². The van der Waals surface area contributed by atoms with Gasteiger partial charge in [0.15, 0.2) is 0 Å². The predicted octanol–water partition coefficient (Wildman–Crippen LogP) is 0.720. The van der Waals surface area contributed by atoms with E-state index >= 15 is 0 Å². The minimum absolute atomic E-state index is 0.0279. The number of piperidine rings is 1. The average molecular weight is 343 g/mol. The normalized spacial score (nSPS) is 24.6. The first-order valence-electron chi connectivity index (χ1n) is 7.83. The van der Waals surface area contributed by atoms with Crippen molar-refractivity contribution in [1.29, 1.82) is 0 Å². The van der Waals surface area contributed by atoms with E-state index in [9.17, 15) is 13.2 Å². The zero-order valence-electron chi connectivity index (χ0n) is 12.8. The summed E-state index contributed by atoms with van der Waals surface area (Å²) < 4.78 is 33.7. The lowest BCUT2D eigenvalue weighted by molar-refractivity contribution is -0.142. The number of carboxylic acid groups (broad SMARTS) is 1. The number of nitrogens with zero attached hydrogens (tertiary/aromatic N) is 3. The maximum atomic E-state index is 12.7. The molecule has 2 aliphatic rings. The second-order valence-electron chi connectivity index (χ2n) is 6.04. The summed E-state index contributed by atoms with van der Waals surface area (Å²) in [5.41, 5.74) is 0. The number of hydrogen-bond acceptors (Lipinski definition) is 5. The minimum atomic E-state index is -3.69. The summed E-state index contributed by atoms with van der Waals surface area (Å²) in [5.74, 6) is -1.58. The van der Waals surface area contributed by atoms with Crippen LogP contribution in [0.4, 0.5) is 0 Å². The van der Waals surface area contributed by atoms with Crippen LogP contribution in [0.3, 0.4) is 0 Å². The molecule has 2 saturated heterocycles. The van der Waals surface area contributed by atoms with E-state index in [2.05, 4.69) is 5.10 Å². The van der Waals surface area contributed by atoms with Crippen LogP contribution in [0.5, 0.6) is 0 Å². The standard InChI is InChI=1S/C14H21N3O5S/c18-14(19)11-2-1-5-16(9-11)23(20,21)13-8-15-17(10-13)12-3-6-22-7-4-12/h8,10-12H,1-7,9H2,(H,18,19). The molecule has 0 aromatic carbocycles. The molecule has 0 amide bonds. The van der Waals surface area contributed by atoms with Crippen molar-refractivity contribution in [3.8, 4) is 0 Å². The summed E-state index contributed by atoms with van der Waals surface area (Å²) in [6, 6.07) is 0.154. The Balaban J connectivity index is 1.77. The van der Waals surface area contributed by atoms with Crippen LogP contribution in [0.15, 0.2) is 17.3 Å². The molecule has 0 aliphatic carbocycles. The van der Waals surface area contributed by atoms with E-state index in [1.807, 2.05) is 0 Å². The maximum Gasteiger partial charge on any atom is 0.307 e. The summed E-state index contributed by atoms with van der Waals surface area (Å²) >= 11 is 0.